The molecule has 0 spiro atoms. The summed E-state index contributed by atoms with van der Waals surface area (Å²) >= 11 is 5.59. The van der Waals surface area contributed by atoms with Crippen LogP contribution in [0.1, 0.15) is 13.8 Å². The third-order valence-electron chi connectivity index (χ3n) is 3.74. The predicted molar refractivity (Wildman–Crippen MR) is 104 cm³/mol. The number of rotatable bonds is 7. The quantitative estimate of drug-likeness (QED) is 0.708. The second-order valence-corrected chi connectivity index (χ2v) is 7.87. The van der Waals surface area contributed by atoms with Crippen molar-refractivity contribution in [2.45, 2.75) is 24.8 Å². The SMILES string of the molecule is COc1ccc(N(C(C)C(=O)Cl)S(=O)(=O)c2ccc(NC(C)=O)cc2)cc1. The van der Waals surface area contributed by atoms with Gasteiger partial charge in [0.1, 0.15) is 11.8 Å². The zero-order valence-electron chi connectivity index (χ0n) is 15.0. The molecule has 0 radical (unpaired) electrons. The molecule has 27 heavy (non-hydrogen) atoms. The number of benzene rings is 2. The fourth-order valence-electron chi connectivity index (χ4n) is 2.42. The molecule has 0 aliphatic heterocycles. The van der Waals surface area contributed by atoms with E-state index in [-0.39, 0.29) is 16.5 Å². The van der Waals surface area contributed by atoms with Crippen molar-refractivity contribution in [1.82, 2.24) is 0 Å². The molecule has 9 heteroatoms. The van der Waals surface area contributed by atoms with E-state index in [1.807, 2.05) is 0 Å². The highest BCUT2D eigenvalue weighted by atomic mass is 35.5. The number of nitrogens with zero attached hydrogens (tertiary/aromatic N) is 1. The molecule has 0 aliphatic carbocycles. The normalized spacial score (nSPS) is 12.1. The molecule has 7 nitrogen and oxygen atoms in total. The van der Waals surface area contributed by atoms with Gasteiger partial charge >= 0.3 is 0 Å². The number of carbonyl (C=O) groups excluding carboxylic acids is 2. The van der Waals surface area contributed by atoms with E-state index in [0.29, 0.717) is 11.4 Å². The molecular weight excluding hydrogens is 392 g/mol. The summed E-state index contributed by atoms with van der Waals surface area (Å²) in [5.74, 6) is 0.271. The number of sulfonamides is 1. The Kier molecular flexibility index (Phi) is 6.45. The lowest BCUT2D eigenvalue weighted by Crippen LogP contribution is -2.42. The van der Waals surface area contributed by atoms with Crippen LogP contribution in [0.15, 0.2) is 53.4 Å². The molecular formula is C18H19ClN2O5S. The van der Waals surface area contributed by atoms with E-state index < -0.39 is 21.3 Å². The van der Waals surface area contributed by atoms with Gasteiger partial charge in [0.05, 0.1) is 17.7 Å². The Labute approximate surface area is 162 Å². The first-order valence-electron chi connectivity index (χ1n) is 7.92. The Morgan fingerprint density at radius 3 is 2.07 bits per heavy atom. The topological polar surface area (TPSA) is 92.8 Å². The van der Waals surface area contributed by atoms with Gasteiger partial charge in [-0.15, -0.1) is 0 Å². The van der Waals surface area contributed by atoms with Crippen LogP contribution in [-0.4, -0.2) is 32.7 Å². The Hall–Kier alpha value is -2.58. The van der Waals surface area contributed by atoms with Crippen LogP contribution >= 0.6 is 11.6 Å². The first kappa shape index (κ1) is 20.7. The van der Waals surface area contributed by atoms with Crippen LogP contribution in [0.3, 0.4) is 0 Å². The summed E-state index contributed by atoms with van der Waals surface area (Å²) in [6, 6.07) is 10.7. The van der Waals surface area contributed by atoms with Crippen LogP contribution < -0.4 is 14.4 Å². The first-order valence-corrected chi connectivity index (χ1v) is 9.74. The van der Waals surface area contributed by atoms with Gasteiger partial charge in [-0.25, -0.2) is 8.42 Å². The van der Waals surface area contributed by atoms with Gasteiger partial charge in [-0.2, -0.15) is 0 Å². The molecule has 1 atom stereocenters. The van der Waals surface area contributed by atoms with Crippen LogP contribution in [-0.2, 0) is 19.6 Å². The van der Waals surface area contributed by atoms with Crippen molar-refractivity contribution in [2.24, 2.45) is 0 Å². The minimum atomic E-state index is -4.09. The lowest BCUT2D eigenvalue weighted by molar-refractivity contribution is -0.114. The van der Waals surface area contributed by atoms with Gasteiger partial charge in [-0.1, -0.05) is 0 Å². The zero-order chi connectivity index (χ0) is 20.2. The molecule has 0 fully saturated rings. The van der Waals surface area contributed by atoms with E-state index in [1.165, 1.54) is 57.4 Å². The number of hydrogen-bond acceptors (Lipinski definition) is 5. The molecule has 144 valence electrons. The zero-order valence-corrected chi connectivity index (χ0v) is 16.5. The van der Waals surface area contributed by atoms with Crippen LogP contribution in [0.25, 0.3) is 0 Å². The number of carbonyl (C=O) groups is 2. The van der Waals surface area contributed by atoms with Crippen molar-refractivity contribution < 1.29 is 22.7 Å². The minimum absolute atomic E-state index is 0.0443. The molecule has 0 saturated heterocycles. The summed E-state index contributed by atoms with van der Waals surface area (Å²) in [5.41, 5.74) is 0.724. The van der Waals surface area contributed by atoms with Crippen LogP contribution in [0.5, 0.6) is 5.75 Å². The summed E-state index contributed by atoms with van der Waals surface area (Å²) in [5, 5.41) is 1.75. The number of methoxy groups -OCH3 is 1. The standard InChI is InChI=1S/C18H19ClN2O5S/c1-12(18(19)23)21(15-6-8-16(26-3)9-7-15)27(24,25)17-10-4-14(5-11-17)20-13(2)22/h4-12H,1-3H3,(H,20,22). The summed E-state index contributed by atoms with van der Waals surface area (Å²) in [7, 11) is -2.60. The predicted octanol–water partition coefficient (Wildman–Crippen LogP) is 3.00. The van der Waals surface area contributed by atoms with Gasteiger partial charge in [0, 0.05) is 12.6 Å². The lowest BCUT2D eigenvalue weighted by Gasteiger charge is -2.28. The number of ether oxygens (including phenoxy) is 1. The van der Waals surface area contributed by atoms with Gasteiger partial charge in [-0.3, -0.25) is 13.9 Å². The van der Waals surface area contributed by atoms with Crippen LogP contribution in [0, 0.1) is 0 Å². The third kappa shape index (κ3) is 4.78. The largest absolute Gasteiger partial charge is 0.497 e. The van der Waals surface area contributed by atoms with Crippen LogP contribution in [0.2, 0.25) is 0 Å². The monoisotopic (exact) mass is 410 g/mol. The Morgan fingerprint density at radius 2 is 1.63 bits per heavy atom. The highest BCUT2D eigenvalue weighted by Gasteiger charge is 2.32. The van der Waals surface area contributed by atoms with Gasteiger partial charge in [0.25, 0.3) is 10.0 Å². The van der Waals surface area contributed by atoms with Gasteiger partial charge in [-0.05, 0) is 67.1 Å². The molecule has 0 heterocycles. The van der Waals surface area contributed by atoms with Gasteiger partial charge in [0.15, 0.2) is 0 Å². The summed E-state index contributed by atoms with van der Waals surface area (Å²) in [4.78, 5) is 22.8. The summed E-state index contributed by atoms with van der Waals surface area (Å²) in [6.07, 6.45) is 0. The molecule has 1 N–H and O–H groups in total. The highest BCUT2D eigenvalue weighted by Crippen LogP contribution is 2.29. The average Bonchev–Trinajstić information content (AvgIpc) is 2.62. The van der Waals surface area contributed by atoms with E-state index in [9.17, 15) is 18.0 Å². The minimum Gasteiger partial charge on any atom is -0.497 e. The molecule has 0 bridgehead atoms. The fourth-order valence-corrected chi connectivity index (χ4v) is 4.19. The van der Waals surface area contributed by atoms with E-state index >= 15 is 0 Å². The smallest absolute Gasteiger partial charge is 0.265 e. The Balaban J connectivity index is 2.49. The summed E-state index contributed by atoms with van der Waals surface area (Å²) < 4.78 is 32.4. The first-order chi connectivity index (χ1) is 12.7. The maximum atomic E-state index is 13.2. The average molecular weight is 411 g/mol. The second kappa shape index (κ2) is 8.41. The van der Waals surface area contributed by atoms with Gasteiger partial charge in [0.2, 0.25) is 11.1 Å². The maximum Gasteiger partial charge on any atom is 0.265 e. The van der Waals surface area contributed by atoms with Crippen molar-refractivity contribution in [3.05, 3.63) is 48.5 Å². The molecule has 2 aromatic rings. The molecule has 0 aliphatic rings. The number of anilines is 2. The number of amides is 1. The van der Waals surface area contributed by atoms with Crippen molar-refractivity contribution in [3.8, 4) is 5.75 Å². The number of halogens is 1. The lowest BCUT2D eigenvalue weighted by atomic mass is 10.2. The van der Waals surface area contributed by atoms with Crippen molar-refractivity contribution >= 4 is 44.1 Å². The summed E-state index contributed by atoms with van der Waals surface area (Å²) in [6.45, 7) is 2.76. The molecule has 2 aromatic carbocycles. The maximum absolute atomic E-state index is 13.2. The molecule has 1 amide bonds. The number of nitrogens with one attached hydrogen (secondary N) is 1. The van der Waals surface area contributed by atoms with E-state index in [4.69, 9.17) is 16.3 Å². The molecule has 1 unspecified atom stereocenters. The van der Waals surface area contributed by atoms with Crippen molar-refractivity contribution in [1.29, 1.82) is 0 Å². The van der Waals surface area contributed by atoms with E-state index in [2.05, 4.69) is 5.32 Å². The van der Waals surface area contributed by atoms with E-state index in [1.54, 1.807) is 12.1 Å². The van der Waals surface area contributed by atoms with Crippen molar-refractivity contribution in [2.75, 3.05) is 16.7 Å². The highest BCUT2D eigenvalue weighted by molar-refractivity contribution is 7.93. The Bertz CT molecular complexity index is 927. The number of hydrogen-bond donors (Lipinski definition) is 1. The van der Waals surface area contributed by atoms with Crippen LogP contribution in [0.4, 0.5) is 11.4 Å². The Morgan fingerprint density at radius 1 is 1.07 bits per heavy atom. The third-order valence-corrected chi connectivity index (χ3v) is 5.97. The molecule has 2 rings (SSSR count). The molecule has 0 saturated carbocycles. The van der Waals surface area contributed by atoms with E-state index in [0.717, 1.165) is 4.31 Å². The van der Waals surface area contributed by atoms with Gasteiger partial charge < -0.3 is 10.1 Å². The molecule has 0 aromatic heterocycles. The van der Waals surface area contributed by atoms with Crippen molar-refractivity contribution in [3.63, 3.8) is 0 Å². The fraction of sp³-hybridized carbons (Fsp3) is 0.222. The second-order valence-electron chi connectivity index (χ2n) is 5.68.